The molecule has 0 aliphatic heterocycles. The summed E-state index contributed by atoms with van der Waals surface area (Å²) in [6, 6.07) is 5.52. The molecule has 0 atom stereocenters. The summed E-state index contributed by atoms with van der Waals surface area (Å²) in [6.45, 7) is 0.605. The standard InChI is InChI=1S/C9H12ClNO2/c1-12-9-4-7(6-11-13-2)3-8(10)5-9/h3-5,11H,6H2,1-2H3. The second-order valence-corrected chi connectivity index (χ2v) is 2.96. The average Bonchev–Trinajstić information content (AvgIpc) is 2.14. The molecule has 0 radical (unpaired) electrons. The molecule has 4 heteroatoms. The third-order valence-electron chi connectivity index (χ3n) is 1.59. The van der Waals surface area contributed by atoms with Crippen LogP contribution in [0.2, 0.25) is 5.02 Å². The average molecular weight is 202 g/mol. The fourth-order valence-corrected chi connectivity index (χ4v) is 1.24. The van der Waals surface area contributed by atoms with Crippen LogP contribution in [-0.2, 0) is 11.4 Å². The monoisotopic (exact) mass is 201 g/mol. The first-order valence-electron chi connectivity index (χ1n) is 3.85. The van der Waals surface area contributed by atoms with Gasteiger partial charge in [-0.25, -0.2) is 0 Å². The van der Waals surface area contributed by atoms with Gasteiger partial charge in [0.2, 0.25) is 0 Å². The lowest BCUT2D eigenvalue weighted by Gasteiger charge is -2.05. The summed E-state index contributed by atoms with van der Waals surface area (Å²) in [5.74, 6) is 0.750. The summed E-state index contributed by atoms with van der Waals surface area (Å²) < 4.78 is 5.06. The van der Waals surface area contributed by atoms with Crippen molar-refractivity contribution in [2.75, 3.05) is 14.2 Å². The maximum Gasteiger partial charge on any atom is 0.120 e. The first kappa shape index (κ1) is 10.3. The van der Waals surface area contributed by atoms with Crippen molar-refractivity contribution < 1.29 is 9.57 Å². The molecule has 0 unspecified atom stereocenters. The van der Waals surface area contributed by atoms with E-state index in [0.717, 1.165) is 11.3 Å². The molecule has 0 saturated carbocycles. The number of hydroxylamine groups is 1. The molecule has 0 aromatic heterocycles. The van der Waals surface area contributed by atoms with Crippen LogP contribution >= 0.6 is 11.6 Å². The summed E-state index contributed by atoms with van der Waals surface area (Å²) in [7, 11) is 3.18. The number of methoxy groups -OCH3 is 1. The molecule has 0 heterocycles. The second kappa shape index (κ2) is 5.07. The zero-order valence-corrected chi connectivity index (χ0v) is 8.39. The Morgan fingerprint density at radius 3 is 2.69 bits per heavy atom. The van der Waals surface area contributed by atoms with Crippen molar-refractivity contribution in [3.63, 3.8) is 0 Å². The molecule has 13 heavy (non-hydrogen) atoms. The highest BCUT2D eigenvalue weighted by molar-refractivity contribution is 6.30. The van der Waals surface area contributed by atoms with Crippen molar-refractivity contribution in [3.05, 3.63) is 28.8 Å². The van der Waals surface area contributed by atoms with Gasteiger partial charge in [-0.15, -0.1) is 0 Å². The van der Waals surface area contributed by atoms with E-state index in [1.165, 1.54) is 0 Å². The van der Waals surface area contributed by atoms with Gasteiger partial charge in [-0.2, -0.15) is 5.48 Å². The molecule has 0 aliphatic rings. The van der Waals surface area contributed by atoms with E-state index in [1.807, 2.05) is 12.1 Å². The highest BCUT2D eigenvalue weighted by atomic mass is 35.5. The molecule has 1 aromatic carbocycles. The topological polar surface area (TPSA) is 30.5 Å². The van der Waals surface area contributed by atoms with Crippen molar-refractivity contribution in [1.82, 2.24) is 5.48 Å². The molecule has 72 valence electrons. The van der Waals surface area contributed by atoms with Gasteiger partial charge in [0.15, 0.2) is 0 Å². The summed E-state index contributed by atoms with van der Waals surface area (Å²) >= 11 is 5.86. The van der Waals surface area contributed by atoms with Crippen molar-refractivity contribution in [2.45, 2.75) is 6.54 Å². The van der Waals surface area contributed by atoms with Gasteiger partial charge in [0.25, 0.3) is 0 Å². The number of nitrogens with one attached hydrogen (secondary N) is 1. The van der Waals surface area contributed by atoms with Crippen LogP contribution in [0.4, 0.5) is 0 Å². The van der Waals surface area contributed by atoms with E-state index in [1.54, 1.807) is 20.3 Å². The normalized spacial score (nSPS) is 10.1. The van der Waals surface area contributed by atoms with E-state index in [9.17, 15) is 0 Å². The van der Waals surface area contributed by atoms with Crippen LogP contribution in [0.5, 0.6) is 5.75 Å². The van der Waals surface area contributed by atoms with Crippen LogP contribution < -0.4 is 10.2 Å². The van der Waals surface area contributed by atoms with Gasteiger partial charge < -0.3 is 9.57 Å². The van der Waals surface area contributed by atoms with E-state index in [4.69, 9.17) is 21.2 Å². The Kier molecular flexibility index (Phi) is 4.02. The van der Waals surface area contributed by atoms with Gasteiger partial charge in [-0.1, -0.05) is 11.6 Å². The van der Waals surface area contributed by atoms with E-state index in [-0.39, 0.29) is 0 Å². The van der Waals surface area contributed by atoms with Crippen LogP contribution in [0.25, 0.3) is 0 Å². The van der Waals surface area contributed by atoms with Gasteiger partial charge in [0.1, 0.15) is 5.75 Å². The van der Waals surface area contributed by atoms with Crippen molar-refractivity contribution in [1.29, 1.82) is 0 Å². The van der Waals surface area contributed by atoms with Gasteiger partial charge in [-0.05, 0) is 23.8 Å². The SMILES string of the molecule is CONCc1cc(Cl)cc(OC)c1. The Labute approximate surface area is 82.6 Å². The maximum atomic E-state index is 5.86. The fraction of sp³-hybridized carbons (Fsp3) is 0.333. The minimum absolute atomic E-state index is 0.605. The Bertz CT molecular complexity index is 278. The summed E-state index contributed by atoms with van der Waals surface area (Å²) in [5, 5.41) is 0.659. The molecule has 0 bridgehead atoms. The first-order valence-corrected chi connectivity index (χ1v) is 4.23. The van der Waals surface area contributed by atoms with Crippen molar-refractivity contribution in [3.8, 4) is 5.75 Å². The van der Waals surface area contributed by atoms with Gasteiger partial charge in [0, 0.05) is 11.6 Å². The van der Waals surface area contributed by atoms with E-state index in [2.05, 4.69) is 5.48 Å². The van der Waals surface area contributed by atoms with E-state index < -0.39 is 0 Å². The minimum atomic E-state index is 0.605. The van der Waals surface area contributed by atoms with E-state index >= 15 is 0 Å². The molecule has 1 rings (SSSR count). The van der Waals surface area contributed by atoms with Crippen LogP contribution in [0.15, 0.2) is 18.2 Å². The number of hydrogen-bond donors (Lipinski definition) is 1. The molecule has 0 aliphatic carbocycles. The number of rotatable bonds is 4. The zero-order valence-electron chi connectivity index (χ0n) is 7.63. The Balaban J connectivity index is 2.76. The molecule has 1 aromatic rings. The van der Waals surface area contributed by atoms with Crippen LogP contribution in [0.3, 0.4) is 0 Å². The lowest BCUT2D eigenvalue weighted by Crippen LogP contribution is -2.10. The third kappa shape index (κ3) is 3.22. The Hall–Kier alpha value is -0.770. The predicted octanol–water partition coefficient (Wildman–Crippen LogP) is 2.00. The number of ether oxygens (including phenoxy) is 1. The summed E-state index contributed by atoms with van der Waals surface area (Å²) in [5.41, 5.74) is 3.75. The van der Waals surface area contributed by atoms with Crippen molar-refractivity contribution >= 4 is 11.6 Å². The molecule has 0 amide bonds. The quantitative estimate of drug-likeness (QED) is 0.756. The first-order chi connectivity index (χ1) is 6.26. The Morgan fingerprint density at radius 1 is 1.31 bits per heavy atom. The molecule has 0 fully saturated rings. The minimum Gasteiger partial charge on any atom is -0.497 e. The largest absolute Gasteiger partial charge is 0.497 e. The van der Waals surface area contributed by atoms with Crippen LogP contribution in [0, 0.1) is 0 Å². The predicted molar refractivity (Wildman–Crippen MR) is 51.9 cm³/mol. The zero-order chi connectivity index (χ0) is 9.68. The lowest BCUT2D eigenvalue weighted by molar-refractivity contribution is 0.0867. The van der Waals surface area contributed by atoms with E-state index in [0.29, 0.717) is 11.6 Å². The molecule has 1 N–H and O–H groups in total. The molecular formula is C9H12ClNO2. The van der Waals surface area contributed by atoms with Gasteiger partial charge >= 0.3 is 0 Å². The molecule has 0 spiro atoms. The third-order valence-corrected chi connectivity index (χ3v) is 1.81. The maximum absolute atomic E-state index is 5.86. The molecule has 0 saturated heterocycles. The number of benzene rings is 1. The summed E-state index contributed by atoms with van der Waals surface area (Å²) in [4.78, 5) is 4.73. The fourth-order valence-electron chi connectivity index (χ4n) is 0.996. The van der Waals surface area contributed by atoms with Gasteiger partial charge in [-0.3, -0.25) is 0 Å². The molecule has 3 nitrogen and oxygen atoms in total. The number of hydrogen-bond acceptors (Lipinski definition) is 3. The summed E-state index contributed by atoms with van der Waals surface area (Å²) in [6.07, 6.45) is 0. The highest BCUT2D eigenvalue weighted by Crippen LogP contribution is 2.20. The second-order valence-electron chi connectivity index (χ2n) is 2.52. The smallest absolute Gasteiger partial charge is 0.120 e. The highest BCUT2D eigenvalue weighted by Gasteiger charge is 1.98. The van der Waals surface area contributed by atoms with Gasteiger partial charge in [0.05, 0.1) is 14.2 Å². The number of halogens is 1. The van der Waals surface area contributed by atoms with Crippen molar-refractivity contribution in [2.24, 2.45) is 0 Å². The Morgan fingerprint density at radius 2 is 2.08 bits per heavy atom. The lowest BCUT2D eigenvalue weighted by atomic mass is 10.2. The van der Waals surface area contributed by atoms with Crippen LogP contribution in [0.1, 0.15) is 5.56 Å². The van der Waals surface area contributed by atoms with Crippen LogP contribution in [-0.4, -0.2) is 14.2 Å². The molecular weight excluding hydrogens is 190 g/mol.